The zero-order valence-corrected chi connectivity index (χ0v) is 13.1. The van der Waals surface area contributed by atoms with Crippen molar-refractivity contribution in [3.05, 3.63) is 52.8 Å². The summed E-state index contributed by atoms with van der Waals surface area (Å²) in [6.45, 7) is 8.70. The van der Waals surface area contributed by atoms with Crippen LogP contribution in [0, 0.1) is 13.8 Å². The van der Waals surface area contributed by atoms with Crippen molar-refractivity contribution in [2.75, 3.05) is 0 Å². The second-order valence-electron chi connectivity index (χ2n) is 5.76. The van der Waals surface area contributed by atoms with Crippen LogP contribution in [0.4, 0.5) is 0 Å². The highest BCUT2D eigenvalue weighted by Crippen LogP contribution is 2.17. The summed E-state index contributed by atoms with van der Waals surface area (Å²) in [6, 6.07) is 9.36. The van der Waals surface area contributed by atoms with Gasteiger partial charge in [0.15, 0.2) is 0 Å². The summed E-state index contributed by atoms with van der Waals surface area (Å²) >= 11 is 0. The minimum absolute atomic E-state index is 0.322. The molecule has 0 aliphatic rings. The highest BCUT2D eigenvalue weighted by Gasteiger charge is 2.14. The lowest BCUT2D eigenvalue weighted by molar-refractivity contribution is 0.475. The van der Waals surface area contributed by atoms with Gasteiger partial charge in [0.05, 0.1) is 5.69 Å². The number of nitrogens with zero attached hydrogens (tertiary/aromatic N) is 2. The number of nitrogens with one attached hydrogen (secondary N) is 1. The summed E-state index contributed by atoms with van der Waals surface area (Å²) in [5, 5.41) is 8.09. The summed E-state index contributed by atoms with van der Waals surface area (Å²) in [7, 11) is 1.97. The number of rotatable bonds is 5. The Hall–Kier alpha value is -1.61. The van der Waals surface area contributed by atoms with Gasteiger partial charge in [-0.1, -0.05) is 24.3 Å². The van der Waals surface area contributed by atoms with Gasteiger partial charge in [0.2, 0.25) is 0 Å². The number of aryl methyl sites for hydroxylation is 3. The molecule has 2 atom stereocenters. The van der Waals surface area contributed by atoms with Gasteiger partial charge >= 0.3 is 0 Å². The van der Waals surface area contributed by atoms with Gasteiger partial charge in [0.1, 0.15) is 0 Å². The lowest BCUT2D eigenvalue weighted by atomic mass is 10.0. The van der Waals surface area contributed by atoms with Crippen LogP contribution in [0.15, 0.2) is 30.5 Å². The van der Waals surface area contributed by atoms with Gasteiger partial charge < -0.3 is 5.32 Å². The Morgan fingerprint density at radius 3 is 2.50 bits per heavy atom. The fourth-order valence-electron chi connectivity index (χ4n) is 2.79. The van der Waals surface area contributed by atoms with Crippen molar-refractivity contribution >= 4 is 0 Å². The van der Waals surface area contributed by atoms with Crippen molar-refractivity contribution in [1.82, 2.24) is 15.1 Å². The van der Waals surface area contributed by atoms with E-state index in [9.17, 15) is 0 Å². The van der Waals surface area contributed by atoms with Crippen LogP contribution in [0.5, 0.6) is 0 Å². The molecule has 2 aromatic rings. The molecule has 0 bridgehead atoms. The van der Waals surface area contributed by atoms with Crippen LogP contribution >= 0.6 is 0 Å². The molecule has 3 nitrogen and oxygen atoms in total. The molecule has 0 saturated heterocycles. The molecule has 1 aromatic carbocycles. The third-order valence-electron chi connectivity index (χ3n) is 3.84. The van der Waals surface area contributed by atoms with Gasteiger partial charge in [-0.3, -0.25) is 4.68 Å². The number of benzene rings is 1. The van der Waals surface area contributed by atoms with Gasteiger partial charge in [0.25, 0.3) is 0 Å². The molecule has 1 N–H and O–H groups in total. The Kier molecular flexibility index (Phi) is 4.61. The maximum absolute atomic E-state index is 4.41. The summed E-state index contributed by atoms with van der Waals surface area (Å²) < 4.78 is 1.88. The number of hydrogen-bond acceptors (Lipinski definition) is 2. The van der Waals surface area contributed by atoms with Crippen molar-refractivity contribution in [2.45, 2.75) is 46.2 Å². The molecular formula is C17H25N3. The van der Waals surface area contributed by atoms with Crippen molar-refractivity contribution < 1.29 is 0 Å². The largest absolute Gasteiger partial charge is 0.307 e. The minimum Gasteiger partial charge on any atom is -0.307 e. The van der Waals surface area contributed by atoms with E-state index in [4.69, 9.17) is 0 Å². The first-order chi connectivity index (χ1) is 9.47. The van der Waals surface area contributed by atoms with E-state index >= 15 is 0 Å². The van der Waals surface area contributed by atoms with Gasteiger partial charge in [-0.05, 0) is 45.2 Å². The first-order valence-corrected chi connectivity index (χ1v) is 7.28. The quantitative estimate of drug-likeness (QED) is 0.904. The predicted molar refractivity (Wildman–Crippen MR) is 83.8 cm³/mol. The van der Waals surface area contributed by atoms with Gasteiger partial charge in [-0.2, -0.15) is 5.10 Å². The fraction of sp³-hybridized carbons (Fsp3) is 0.471. The zero-order chi connectivity index (χ0) is 14.7. The maximum Gasteiger partial charge on any atom is 0.0641 e. The Labute approximate surface area is 122 Å². The lowest BCUT2D eigenvalue weighted by Gasteiger charge is -2.20. The molecule has 0 fully saturated rings. The molecule has 3 heteroatoms. The molecule has 0 saturated carbocycles. The summed E-state index contributed by atoms with van der Waals surface area (Å²) in [5.41, 5.74) is 5.17. The average molecular weight is 271 g/mol. The van der Waals surface area contributed by atoms with Crippen LogP contribution in [0.25, 0.3) is 0 Å². The SMILES string of the molecule is Cc1ccccc1CC(C)NC(C)c1cn(C)nc1C. The van der Waals surface area contributed by atoms with Crippen molar-refractivity contribution in [1.29, 1.82) is 0 Å². The molecule has 0 spiro atoms. The van der Waals surface area contributed by atoms with Crippen molar-refractivity contribution in [3.63, 3.8) is 0 Å². The van der Waals surface area contributed by atoms with Crippen LogP contribution in [-0.2, 0) is 13.5 Å². The van der Waals surface area contributed by atoms with E-state index in [2.05, 4.69) is 68.6 Å². The molecule has 1 heterocycles. The van der Waals surface area contributed by atoms with E-state index in [0.717, 1.165) is 12.1 Å². The van der Waals surface area contributed by atoms with Crippen LogP contribution in [0.3, 0.4) is 0 Å². The van der Waals surface area contributed by atoms with Gasteiger partial charge in [-0.25, -0.2) is 0 Å². The van der Waals surface area contributed by atoms with E-state index in [1.165, 1.54) is 16.7 Å². The number of aromatic nitrogens is 2. The molecule has 1 aromatic heterocycles. The van der Waals surface area contributed by atoms with Gasteiger partial charge in [-0.15, -0.1) is 0 Å². The molecule has 2 rings (SSSR count). The third kappa shape index (κ3) is 3.48. The van der Waals surface area contributed by atoms with E-state index in [-0.39, 0.29) is 0 Å². The number of hydrogen-bond donors (Lipinski definition) is 1. The van der Waals surface area contributed by atoms with Crippen molar-refractivity contribution in [2.24, 2.45) is 7.05 Å². The normalized spacial score (nSPS) is 14.2. The zero-order valence-electron chi connectivity index (χ0n) is 13.1. The Balaban J connectivity index is 1.99. The topological polar surface area (TPSA) is 29.9 Å². The molecule has 0 radical (unpaired) electrons. The molecule has 2 unspecified atom stereocenters. The Bertz CT molecular complexity index is 571. The summed E-state index contributed by atoms with van der Waals surface area (Å²) in [5.74, 6) is 0. The van der Waals surface area contributed by atoms with Gasteiger partial charge in [0, 0.05) is 30.9 Å². The first kappa shape index (κ1) is 14.8. The molecular weight excluding hydrogens is 246 g/mol. The maximum atomic E-state index is 4.41. The molecule has 20 heavy (non-hydrogen) atoms. The van der Waals surface area contributed by atoms with Crippen LogP contribution in [0.2, 0.25) is 0 Å². The molecule has 0 aliphatic carbocycles. The van der Waals surface area contributed by atoms with E-state index < -0.39 is 0 Å². The molecule has 0 aliphatic heterocycles. The van der Waals surface area contributed by atoms with E-state index in [1.54, 1.807) is 0 Å². The third-order valence-corrected chi connectivity index (χ3v) is 3.84. The Morgan fingerprint density at radius 2 is 1.90 bits per heavy atom. The first-order valence-electron chi connectivity index (χ1n) is 7.28. The standard InChI is InChI=1S/C17H25N3/c1-12-8-6-7-9-16(12)10-13(2)18-14(3)17-11-20(5)19-15(17)4/h6-9,11,13-14,18H,10H2,1-5H3. The summed E-state index contributed by atoms with van der Waals surface area (Å²) in [6.07, 6.45) is 3.16. The molecule has 0 amide bonds. The van der Waals surface area contributed by atoms with E-state index in [1.807, 2.05) is 11.7 Å². The highest BCUT2D eigenvalue weighted by molar-refractivity contribution is 5.26. The van der Waals surface area contributed by atoms with E-state index in [0.29, 0.717) is 12.1 Å². The predicted octanol–water partition coefficient (Wildman–Crippen LogP) is 3.32. The van der Waals surface area contributed by atoms with Crippen LogP contribution in [-0.4, -0.2) is 15.8 Å². The monoisotopic (exact) mass is 271 g/mol. The van der Waals surface area contributed by atoms with Crippen LogP contribution < -0.4 is 5.32 Å². The minimum atomic E-state index is 0.322. The highest BCUT2D eigenvalue weighted by atomic mass is 15.3. The average Bonchev–Trinajstić information content (AvgIpc) is 2.71. The fourth-order valence-corrected chi connectivity index (χ4v) is 2.79. The smallest absolute Gasteiger partial charge is 0.0641 e. The second kappa shape index (κ2) is 6.23. The summed E-state index contributed by atoms with van der Waals surface area (Å²) in [4.78, 5) is 0. The Morgan fingerprint density at radius 1 is 1.20 bits per heavy atom. The van der Waals surface area contributed by atoms with Crippen molar-refractivity contribution in [3.8, 4) is 0 Å². The molecule has 108 valence electrons. The van der Waals surface area contributed by atoms with Crippen LogP contribution in [0.1, 0.15) is 42.3 Å². The lowest BCUT2D eigenvalue weighted by Crippen LogP contribution is -2.31. The second-order valence-corrected chi connectivity index (χ2v) is 5.76.